The van der Waals surface area contributed by atoms with E-state index >= 15 is 0 Å². The van der Waals surface area contributed by atoms with Crippen LogP contribution in [0.1, 0.15) is 28.8 Å². The van der Waals surface area contributed by atoms with E-state index in [1.54, 1.807) is 12.1 Å². The fourth-order valence-corrected chi connectivity index (χ4v) is 3.23. The van der Waals surface area contributed by atoms with Gasteiger partial charge in [-0.3, -0.25) is 14.5 Å². The van der Waals surface area contributed by atoms with Crippen LogP contribution in [0.5, 0.6) is 0 Å². The van der Waals surface area contributed by atoms with E-state index in [-0.39, 0.29) is 11.8 Å². The van der Waals surface area contributed by atoms with Crippen molar-refractivity contribution in [1.82, 2.24) is 9.80 Å². The molecule has 2 aromatic carbocycles. The van der Waals surface area contributed by atoms with Crippen molar-refractivity contribution in [1.29, 1.82) is 0 Å². The van der Waals surface area contributed by atoms with Crippen molar-refractivity contribution in [2.75, 3.05) is 32.0 Å². The lowest BCUT2D eigenvalue weighted by Crippen LogP contribution is -2.30. The summed E-state index contributed by atoms with van der Waals surface area (Å²) >= 11 is 0. The molecule has 5 nitrogen and oxygen atoms in total. The Labute approximate surface area is 154 Å². The van der Waals surface area contributed by atoms with Gasteiger partial charge in [-0.1, -0.05) is 36.4 Å². The summed E-state index contributed by atoms with van der Waals surface area (Å²) in [7, 11) is 1.92. The number of likely N-dealkylation sites (tertiary alicyclic amines) is 1. The lowest BCUT2D eigenvalue weighted by molar-refractivity contribution is -0.117. The lowest BCUT2D eigenvalue weighted by Gasteiger charge is -2.17. The Balaban J connectivity index is 1.55. The summed E-state index contributed by atoms with van der Waals surface area (Å²) in [6.07, 6.45) is 2.13. The normalized spacial score (nSPS) is 13.8. The van der Waals surface area contributed by atoms with E-state index in [0.29, 0.717) is 24.3 Å². The molecule has 136 valence electrons. The van der Waals surface area contributed by atoms with Crippen molar-refractivity contribution in [2.24, 2.45) is 0 Å². The summed E-state index contributed by atoms with van der Waals surface area (Å²) < 4.78 is 0. The van der Waals surface area contributed by atoms with Crippen molar-refractivity contribution in [3.8, 4) is 0 Å². The van der Waals surface area contributed by atoms with E-state index in [1.807, 2.05) is 59.3 Å². The van der Waals surface area contributed by atoms with Gasteiger partial charge >= 0.3 is 0 Å². The van der Waals surface area contributed by atoms with Gasteiger partial charge in [-0.15, -0.1) is 0 Å². The molecule has 26 heavy (non-hydrogen) atoms. The molecule has 0 atom stereocenters. The summed E-state index contributed by atoms with van der Waals surface area (Å²) in [6.45, 7) is 2.64. The van der Waals surface area contributed by atoms with Gasteiger partial charge < -0.3 is 10.2 Å². The number of nitrogens with zero attached hydrogens (tertiary/aromatic N) is 2. The van der Waals surface area contributed by atoms with Gasteiger partial charge in [0.25, 0.3) is 5.91 Å². The molecule has 1 heterocycles. The molecule has 3 rings (SSSR count). The quantitative estimate of drug-likeness (QED) is 0.870. The molecule has 1 aliphatic heterocycles. The van der Waals surface area contributed by atoms with Gasteiger partial charge in [0.15, 0.2) is 0 Å². The Kier molecular flexibility index (Phi) is 6.02. The molecule has 0 bridgehead atoms. The molecule has 2 amide bonds. The van der Waals surface area contributed by atoms with Crippen LogP contribution in [-0.2, 0) is 11.3 Å². The van der Waals surface area contributed by atoms with Gasteiger partial charge in [0.05, 0.1) is 6.54 Å². The minimum Gasteiger partial charge on any atom is -0.339 e. The smallest absolute Gasteiger partial charge is 0.253 e. The van der Waals surface area contributed by atoms with Crippen molar-refractivity contribution in [2.45, 2.75) is 19.4 Å². The number of rotatable bonds is 6. The van der Waals surface area contributed by atoms with Crippen molar-refractivity contribution in [3.63, 3.8) is 0 Å². The summed E-state index contributed by atoms with van der Waals surface area (Å²) in [6, 6.07) is 17.2. The van der Waals surface area contributed by atoms with E-state index in [2.05, 4.69) is 5.32 Å². The first kappa shape index (κ1) is 18.1. The minimum atomic E-state index is -0.0887. The van der Waals surface area contributed by atoms with Crippen LogP contribution < -0.4 is 5.32 Å². The zero-order valence-corrected chi connectivity index (χ0v) is 15.1. The number of likely N-dealkylation sites (N-methyl/N-ethyl adjacent to an activating group) is 1. The van der Waals surface area contributed by atoms with Gasteiger partial charge in [-0.2, -0.15) is 0 Å². The van der Waals surface area contributed by atoms with Crippen LogP contribution in [0.25, 0.3) is 0 Å². The third kappa shape index (κ3) is 4.92. The van der Waals surface area contributed by atoms with Gasteiger partial charge in [-0.25, -0.2) is 0 Å². The van der Waals surface area contributed by atoms with Crippen molar-refractivity contribution >= 4 is 17.5 Å². The number of amides is 2. The van der Waals surface area contributed by atoms with Gasteiger partial charge in [0.2, 0.25) is 5.91 Å². The number of anilines is 1. The van der Waals surface area contributed by atoms with Crippen LogP contribution in [0.15, 0.2) is 54.6 Å². The molecule has 0 radical (unpaired) electrons. The van der Waals surface area contributed by atoms with Gasteiger partial charge in [0.1, 0.15) is 0 Å². The molecule has 1 N–H and O–H groups in total. The Morgan fingerprint density at radius 3 is 2.50 bits per heavy atom. The van der Waals surface area contributed by atoms with Crippen LogP contribution in [0.3, 0.4) is 0 Å². The number of benzene rings is 2. The molecule has 2 aromatic rings. The summed E-state index contributed by atoms with van der Waals surface area (Å²) in [5, 5.41) is 2.89. The maximum absolute atomic E-state index is 12.5. The second-order valence-corrected chi connectivity index (χ2v) is 6.79. The van der Waals surface area contributed by atoms with E-state index < -0.39 is 0 Å². The van der Waals surface area contributed by atoms with Crippen LogP contribution in [0.2, 0.25) is 0 Å². The zero-order valence-electron chi connectivity index (χ0n) is 15.1. The molecule has 5 heteroatoms. The zero-order chi connectivity index (χ0) is 18.4. The maximum atomic E-state index is 12.5. The topological polar surface area (TPSA) is 52.7 Å². The average molecular weight is 351 g/mol. The fraction of sp³-hybridized carbons (Fsp3) is 0.333. The second-order valence-electron chi connectivity index (χ2n) is 6.79. The molecular formula is C21H25N3O2. The maximum Gasteiger partial charge on any atom is 0.253 e. The molecule has 0 spiro atoms. The summed E-state index contributed by atoms with van der Waals surface area (Å²) in [5.74, 6) is -0.0472. The number of hydrogen-bond donors (Lipinski definition) is 1. The Morgan fingerprint density at radius 1 is 1.04 bits per heavy atom. The molecular weight excluding hydrogens is 326 g/mol. The lowest BCUT2D eigenvalue weighted by atomic mass is 10.1. The highest BCUT2D eigenvalue weighted by molar-refractivity contribution is 5.97. The number of carbonyl (C=O) groups excluding carboxylic acids is 2. The van der Waals surface area contributed by atoms with E-state index in [9.17, 15) is 9.59 Å². The van der Waals surface area contributed by atoms with E-state index in [4.69, 9.17) is 0 Å². The van der Waals surface area contributed by atoms with Crippen LogP contribution >= 0.6 is 0 Å². The Hall–Kier alpha value is -2.66. The highest BCUT2D eigenvalue weighted by Crippen LogP contribution is 2.16. The Bertz CT molecular complexity index is 755. The predicted octanol–water partition coefficient (Wildman–Crippen LogP) is 2.99. The molecule has 1 aliphatic rings. The van der Waals surface area contributed by atoms with Crippen LogP contribution in [-0.4, -0.2) is 48.3 Å². The first-order valence-corrected chi connectivity index (χ1v) is 9.03. The third-order valence-corrected chi connectivity index (χ3v) is 4.50. The Morgan fingerprint density at radius 2 is 1.77 bits per heavy atom. The third-order valence-electron chi connectivity index (χ3n) is 4.50. The molecule has 0 aromatic heterocycles. The first-order chi connectivity index (χ1) is 12.6. The molecule has 1 saturated heterocycles. The number of nitrogens with one attached hydrogen (secondary N) is 1. The number of carbonyl (C=O) groups is 2. The minimum absolute atomic E-state index is 0.0415. The monoisotopic (exact) mass is 351 g/mol. The SMILES string of the molecule is CN(CC(=O)Nc1cccc(C(=O)N2CCCC2)c1)Cc1ccccc1. The van der Waals surface area contributed by atoms with Crippen LogP contribution in [0, 0.1) is 0 Å². The van der Waals surface area contributed by atoms with Crippen molar-refractivity contribution in [3.05, 3.63) is 65.7 Å². The molecule has 1 fully saturated rings. The van der Waals surface area contributed by atoms with Crippen molar-refractivity contribution < 1.29 is 9.59 Å². The fourth-order valence-electron chi connectivity index (χ4n) is 3.23. The predicted molar refractivity (Wildman–Crippen MR) is 103 cm³/mol. The van der Waals surface area contributed by atoms with E-state index in [1.165, 1.54) is 5.56 Å². The second kappa shape index (κ2) is 8.63. The largest absolute Gasteiger partial charge is 0.339 e. The van der Waals surface area contributed by atoms with Crippen LogP contribution in [0.4, 0.5) is 5.69 Å². The highest BCUT2D eigenvalue weighted by Gasteiger charge is 2.19. The summed E-state index contributed by atoms with van der Waals surface area (Å²) in [5.41, 5.74) is 2.46. The first-order valence-electron chi connectivity index (χ1n) is 9.03. The average Bonchev–Trinajstić information content (AvgIpc) is 3.16. The summed E-state index contributed by atoms with van der Waals surface area (Å²) in [4.78, 5) is 28.6. The molecule has 0 unspecified atom stereocenters. The molecule has 0 aliphatic carbocycles. The number of hydrogen-bond acceptors (Lipinski definition) is 3. The van der Waals surface area contributed by atoms with Gasteiger partial charge in [-0.05, 0) is 43.7 Å². The highest BCUT2D eigenvalue weighted by atomic mass is 16.2. The molecule has 0 saturated carbocycles. The standard InChI is InChI=1S/C21H25N3O2/c1-23(15-17-8-3-2-4-9-17)16-20(25)22-19-11-7-10-18(14-19)21(26)24-12-5-6-13-24/h2-4,7-11,14H,5-6,12-13,15-16H2,1H3,(H,22,25). The van der Waals surface area contributed by atoms with E-state index in [0.717, 1.165) is 25.9 Å². The van der Waals surface area contributed by atoms with Gasteiger partial charge in [0, 0.05) is 30.9 Å².